The Labute approximate surface area is 103 Å². The molecule has 2 aliphatic rings. The molecule has 0 aromatic carbocycles. The van der Waals surface area contributed by atoms with Crippen molar-refractivity contribution >= 4 is 0 Å². The first-order chi connectivity index (χ1) is 8.43. The summed E-state index contributed by atoms with van der Waals surface area (Å²) in [7, 11) is 0. The van der Waals surface area contributed by atoms with Gasteiger partial charge in [-0.05, 0) is 50.3 Å². The smallest absolute Gasteiger partial charge is 0.0605 e. The lowest BCUT2D eigenvalue weighted by Crippen LogP contribution is -2.45. The zero-order valence-electron chi connectivity index (χ0n) is 10.3. The van der Waals surface area contributed by atoms with Gasteiger partial charge >= 0.3 is 0 Å². The van der Waals surface area contributed by atoms with Gasteiger partial charge < -0.3 is 10.6 Å². The number of aryl methyl sites for hydroxylation is 1. The van der Waals surface area contributed by atoms with Gasteiger partial charge in [-0.1, -0.05) is 6.07 Å². The van der Waals surface area contributed by atoms with Gasteiger partial charge in [-0.3, -0.25) is 4.98 Å². The molecule has 2 heterocycles. The Hall–Kier alpha value is -0.930. The molecule has 2 unspecified atom stereocenters. The maximum absolute atomic E-state index is 4.58. The third-order valence-corrected chi connectivity index (χ3v) is 3.93. The summed E-state index contributed by atoms with van der Waals surface area (Å²) in [5, 5.41) is 7.25. The Morgan fingerprint density at radius 1 is 1.29 bits per heavy atom. The summed E-state index contributed by atoms with van der Waals surface area (Å²) < 4.78 is 0. The molecule has 0 radical (unpaired) electrons. The molecule has 1 aromatic rings. The van der Waals surface area contributed by atoms with Crippen LogP contribution >= 0.6 is 0 Å². The zero-order valence-corrected chi connectivity index (χ0v) is 10.3. The summed E-state index contributed by atoms with van der Waals surface area (Å²) >= 11 is 0. The van der Waals surface area contributed by atoms with Gasteiger partial charge in [0.15, 0.2) is 0 Å². The number of hydrogen-bond donors (Lipinski definition) is 2. The number of rotatable bonds is 2. The standard InChI is InChI=1S/C14H21N3/c1-4-11-5-2-9-16-14(11)13(7-1)17-12-6-3-8-15-10-12/h2,5,9,12-13,15,17H,1,3-4,6-8,10H2. The average Bonchev–Trinajstić information content (AvgIpc) is 2.40. The van der Waals surface area contributed by atoms with E-state index in [1.54, 1.807) is 0 Å². The van der Waals surface area contributed by atoms with E-state index in [4.69, 9.17) is 0 Å². The van der Waals surface area contributed by atoms with Crippen molar-refractivity contribution in [2.24, 2.45) is 0 Å². The van der Waals surface area contributed by atoms with Gasteiger partial charge in [0.05, 0.1) is 11.7 Å². The second kappa shape index (κ2) is 5.15. The molecule has 0 spiro atoms. The SMILES string of the molecule is c1cnc2c(c1)CCCC2NC1CCCNC1. The highest BCUT2D eigenvalue weighted by Crippen LogP contribution is 2.28. The van der Waals surface area contributed by atoms with Crippen molar-refractivity contribution in [1.82, 2.24) is 15.6 Å². The molecular formula is C14H21N3. The van der Waals surface area contributed by atoms with E-state index in [0.717, 1.165) is 6.54 Å². The fraction of sp³-hybridized carbons (Fsp3) is 0.643. The van der Waals surface area contributed by atoms with Gasteiger partial charge in [0.25, 0.3) is 0 Å². The van der Waals surface area contributed by atoms with Gasteiger partial charge in [0, 0.05) is 18.8 Å². The van der Waals surface area contributed by atoms with E-state index in [1.165, 1.54) is 49.9 Å². The minimum Gasteiger partial charge on any atom is -0.315 e. The van der Waals surface area contributed by atoms with Crippen LogP contribution in [0.3, 0.4) is 0 Å². The van der Waals surface area contributed by atoms with Crippen molar-refractivity contribution in [3.63, 3.8) is 0 Å². The van der Waals surface area contributed by atoms with Crippen LogP contribution in [-0.4, -0.2) is 24.1 Å². The van der Waals surface area contributed by atoms with Crippen LogP contribution in [0.1, 0.15) is 43.0 Å². The van der Waals surface area contributed by atoms with Crippen LogP contribution in [0.5, 0.6) is 0 Å². The van der Waals surface area contributed by atoms with Crippen LogP contribution in [0.2, 0.25) is 0 Å². The van der Waals surface area contributed by atoms with Crippen LogP contribution in [0, 0.1) is 0 Å². The Morgan fingerprint density at radius 3 is 3.18 bits per heavy atom. The number of piperidine rings is 1. The van der Waals surface area contributed by atoms with Crippen molar-refractivity contribution < 1.29 is 0 Å². The lowest BCUT2D eigenvalue weighted by atomic mass is 9.91. The number of aromatic nitrogens is 1. The van der Waals surface area contributed by atoms with Crippen LogP contribution in [0.15, 0.2) is 18.3 Å². The number of fused-ring (bicyclic) bond motifs is 1. The third kappa shape index (κ3) is 2.50. The molecule has 2 atom stereocenters. The highest BCUT2D eigenvalue weighted by atomic mass is 15.0. The van der Waals surface area contributed by atoms with Crippen LogP contribution in [0.4, 0.5) is 0 Å². The molecule has 3 rings (SSSR count). The molecule has 0 saturated carbocycles. The number of nitrogens with one attached hydrogen (secondary N) is 2. The summed E-state index contributed by atoms with van der Waals surface area (Å²) in [5.41, 5.74) is 2.74. The van der Waals surface area contributed by atoms with Crippen molar-refractivity contribution in [1.29, 1.82) is 0 Å². The predicted octanol–water partition coefficient (Wildman–Crippen LogP) is 1.80. The summed E-state index contributed by atoms with van der Waals surface area (Å²) in [5.74, 6) is 0. The second-order valence-electron chi connectivity index (χ2n) is 5.20. The summed E-state index contributed by atoms with van der Waals surface area (Å²) in [6.45, 7) is 2.29. The number of hydrogen-bond acceptors (Lipinski definition) is 3. The quantitative estimate of drug-likeness (QED) is 0.815. The summed E-state index contributed by atoms with van der Waals surface area (Å²) in [6.07, 6.45) is 8.24. The predicted molar refractivity (Wildman–Crippen MR) is 68.9 cm³/mol. The van der Waals surface area contributed by atoms with Gasteiger partial charge in [0.1, 0.15) is 0 Å². The highest BCUT2D eigenvalue weighted by Gasteiger charge is 2.24. The van der Waals surface area contributed by atoms with Crippen molar-refractivity contribution in [3.8, 4) is 0 Å². The van der Waals surface area contributed by atoms with Crippen molar-refractivity contribution in [2.45, 2.75) is 44.2 Å². The van der Waals surface area contributed by atoms with Crippen LogP contribution < -0.4 is 10.6 Å². The molecule has 0 amide bonds. The van der Waals surface area contributed by atoms with Crippen LogP contribution in [0.25, 0.3) is 0 Å². The number of pyridine rings is 1. The largest absolute Gasteiger partial charge is 0.315 e. The average molecular weight is 231 g/mol. The van der Waals surface area contributed by atoms with Gasteiger partial charge in [-0.2, -0.15) is 0 Å². The molecular weight excluding hydrogens is 210 g/mol. The van der Waals surface area contributed by atoms with E-state index >= 15 is 0 Å². The van der Waals surface area contributed by atoms with Gasteiger partial charge in [-0.25, -0.2) is 0 Å². The maximum atomic E-state index is 4.58. The normalized spacial score (nSPS) is 28.7. The molecule has 3 nitrogen and oxygen atoms in total. The summed E-state index contributed by atoms with van der Waals surface area (Å²) in [4.78, 5) is 4.58. The molecule has 2 N–H and O–H groups in total. The highest BCUT2D eigenvalue weighted by molar-refractivity contribution is 5.25. The Bertz CT molecular complexity index is 371. The molecule has 3 heteroatoms. The maximum Gasteiger partial charge on any atom is 0.0605 e. The molecule has 1 aromatic heterocycles. The van der Waals surface area contributed by atoms with Gasteiger partial charge in [0.2, 0.25) is 0 Å². The molecule has 1 saturated heterocycles. The number of nitrogens with zero attached hydrogens (tertiary/aromatic N) is 1. The van der Waals surface area contributed by atoms with E-state index < -0.39 is 0 Å². The molecule has 17 heavy (non-hydrogen) atoms. The molecule has 1 aliphatic heterocycles. The molecule has 1 aliphatic carbocycles. The first-order valence-corrected chi connectivity index (χ1v) is 6.84. The Morgan fingerprint density at radius 2 is 2.29 bits per heavy atom. The molecule has 1 fully saturated rings. The Balaban J connectivity index is 1.71. The van der Waals surface area contributed by atoms with E-state index in [0.29, 0.717) is 12.1 Å². The molecule has 0 bridgehead atoms. The molecule has 92 valence electrons. The van der Waals surface area contributed by atoms with Gasteiger partial charge in [-0.15, -0.1) is 0 Å². The first kappa shape index (κ1) is 11.2. The third-order valence-electron chi connectivity index (χ3n) is 3.93. The Kier molecular flexibility index (Phi) is 3.39. The van der Waals surface area contributed by atoms with E-state index in [1.807, 2.05) is 6.20 Å². The van der Waals surface area contributed by atoms with Crippen molar-refractivity contribution in [3.05, 3.63) is 29.6 Å². The fourth-order valence-electron chi connectivity index (χ4n) is 3.05. The monoisotopic (exact) mass is 231 g/mol. The second-order valence-corrected chi connectivity index (χ2v) is 5.20. The fourth-order valence-corrected chi connectivity index (χ4v) is 3.05. The van der Waals surface area contributed by atoms with E-state index in [9.17, 15) is 0 Å². The van der Waals surface area contributed by atoms with Crippen LogP contribution in [-0.2, 0) is 6.42 Å². The van der Waals surface area contributed by atoms with E-state index in [-0.39, 0.29) is 0 Å². The lowest BCUT2D eigenvalue weighted by molar-refractivity contribution is 0.329. The lowest BCUT2D eigenvalue weighted by Gasteiger charge is -2.31. The summed E-state index contributed by atoms with van der Waals surface area (Å²) in [6, 6.07) is 5.39. The van der Waals surface area contributed by atoms with Crippen molar-refractivity contribution in [2.75, 3.05) is 13.1 Å². The minimum absolute atomic E-state index is 0.477. The zero-order chi connectivity index (χ0) is 11.5. The van der Waals surface area contributed by atoms with E-state index in [2.05, 4.69) is 27.8 Å². The first-order valence-electron chi connectivity index (χ1n) is 6.84. The topological polar surface area (TPSA) is 37.0 Å². The minimum atomic E-state index is 0.477.